The molecule has 232 valence electrons. The standard InChI is InChI=1S/C35H34N2O6S2/c1-23-31(22-44-30-17-15-29(39)16-18-30)42-35(43-34(23)27-11-9-25(21-38)10-12-27)28-13-7-24(8-14-28)20-37-45(40,41)32-6-2-4-26-5-3-19-36-33(26)32/h2-19,23,31,34-35,37-39H,20-22H2,1H3. The van der Waals surface area contributed by atoms with Gasteiger partial charge in [-0.15, -0.1) is 11.8 Å². The Morgan fingerprint density at radius 3 is 2.27 bits per heavy atom. The Balaban J connectivity index is 1.18. The Labute approximate surface area is 267 Å². The molecule has 0 amide bonds. The van der Waals surface area contributed by atoms with Gasteiger partial charge >= 0.3 is 0 Å². The summed E-state index contributed by atoms with van der Waals surface area (Å²) in [5.74, 6) is 0.936. The summed E-state index contributed by atoms with van der Waals surface area (Å²) in [7, 11) is -3.80. The van der Waals surface area contributed by atoms with Gasteiger partial charge in [0.05, 0.1) is 24.3 Å². The topological polar surface area (TPSA) is 118 Å². The summed E-state index contributed by atoms with van der Waals surface area (Å²) in [5.41, 5.74) is 3.87. The van der Waals surface area contributed by atoms with E-state index < -0.39 is 16.3 Å². The number of fused-ring (bicyclic) bond motifs is 1. The van der Waals surface area contributed by atoms with Gasteiger partial charge in [0.15, 0.2) is 6.29 Å². The maximum Gasteiger partial charge on any atom is 0.243 e. The maximum absolute atomic E-state index is 13.2. The summed E-state index contributed by atoms with van der Waals surface area (Å²) in [6.07, 6.45) is 0.553. The van der Waals surface area contributed by atoms with Crippen LogP contribution in [0.2, 0.25) is 0 Å². The molecule has 8 nitrogen and oxygen atoms in total. The van der Waals surface area contributed by atoms with E-state index in [4.69, 9.17) is 9.47 Å². The van der Waals surface area contributed by atoms with Crippen LogP contribution in [0, 0.1) is 5.92 Å². The van der Waals surface area contributed by atoms with Crippen LogP contribution in [0.1, 0.15) is 41.6 Å². The van der Waals surface area contributed by atoms with Gasteiger partial charge < -0.3 is 19.7 Å². The minimum absolute atomic E-state index is 0.0275. The van der Waals surface area contributed by atoms with Crippen molar-refractivity contribution in [3.8, 4) is 5.75 Å². The lowest BCUT2D eigenvalue weighted by Crippen LogP contribution is -2.38. The Bertz CT molecular complexity index is 1840. The van der Waals surface area contributed by atoms with Crippen LogP contribution < -0.4 is 4.72 Å². The van der Waals surface area contributed by atoms with Crippen molar-refractivity contribution >= 4 is 32.7 Å². The van der Waals surface area contributed by atoms with E-state index in [9.17, 15) is 18.6 Å². The molecule has 45 heavy (non-hydrogen) atoms. The Hall–Kier alpha value is -3.77. The number of rotatable bonds is 10. The normalized spacial score (nSPS) is 20.3. The van der Waals surface area contributed by atoms with Crippen LogP contribution in [0.3, 0.4) is 0 Å². The van der Waals surface area contributed by atoms with Crippen molar-refractivity contribution < 1.29 is 28.1 Å². The number of hydrogen-bond acceptors (Lipinski definition) is 8. The Kier molecular flexibility index (Phi) is 9.50. The fourth-order valence-electron chi connectivity index (χ4n) is 5.37. The molecule has 2 heterocycles. The molecule has 3 N–H and O–H groups in total. The first kappa shape index (κ1) is 31.2. The minimum atomic E-state index is -3.80. The number of ether oxygens (including phenoxy) is 2. The Morgan fingerprint density at radius 2 is 1.53 bits per heavy atom. The number of aromatic nitrogens is 1. The lowest BCUT2D eigenvalue weighted by Gasteiger charge is -2.41. The van der Waals surface area contributed by atoms with E-state index in [2.05, 4.69) is 16.6 Å². The highest BCUT2D eigenvalue weighted by molar-refractivity contribution is 7.99. The van der Waals surface area contributed by atoms with Gasteiger partial charge in [-0.05, 0) is 53.1 Å². The molecule has 6 rings (SSSR count). The molecule has 0 saturated carbocycles. The highest BCUT2D eigenvalue weighted by Crippen LogP contribution is 2.43. The number of phenols is 1. The van der Waals surface area contributed by atoms with E-state index in [1.807, 2.05) is 72.8 Å². The van der Waals surface area contributed by atoms with Crippen LogP contribution in [0.4, 0.5) is 0 Å². The first-order chi connectivity index (χ1) is 21.8. The molecule has 4 unspecified atom stereocenters. The number of benzene rings is 4. The molecule has 1 aliphatic rings. The number of para-hydroxylation sites is 1. The molecule has 0 radical (unpaired) electrons. The number of aliphatic hydroxyl groups excluding tert-OH is 1. The van der Waals surface area contributed by atoms with Gasteiger partial charge in [0.2, 0.25) is 10.0 Å². The number of hydrogen-bond donors (Lipinski definition) is 3. The van der Waals surface area contributed by atoms with Crippen LogP contribution in [0.25, 0.3) is 10.9 Å². The highest BCUT2D eigenvalue weighted by Gasteiger charge is 2.38. The third kappa shape index (κ3) is 7.22. The van der Waals surface area contributed by atoms with Crippen LogP contribution in [-0.2, 0) is 32.6 Å². The average Bonchev–Trinajstić information content (AvgIpc) is 3.07. The predicted molar refractivity (Wildman–Crippen MR) is 174 cm³/mol. The number of nitrogens with zero attached hydrogens (tertiary/aromatic N) is 1. The van der Waals surface area contributed by atoms with Crippen molar-refractivity contribution in [2.45, 2.75) is 48.4 Å². The van der Waals surface area contributed by atoms with Gasteiger partial charge in [-0.3, -0.25) is 4.98 Å². The molecule has 1 aliphatic heterocycles. The number of thioether (sulfide) groups is 1. The van der Waals surface area contributed by atoms with Crippen molar-refractivity contribution in [1.29, 1.82) is 0 Å². The Morgan fingerprint density at radius 1 is 0.844 bits per heavy atom. The number of sulfonamides is 1. The molecule has 4 atom stereocenters. The highest BCUT2D eigenvalue weighted by atomic mass is 32.2. The van der Waals surface area contributed by atoms with Crippen molar-refractivity contribution in [2.24, 2.45) is 5.92 Å². The van der Waals surface area contributed by atoms with E-state index in [1.165, 1.54) is 0 Å². The maximum atomic E-state index is 13.2. The average molecular weight is 643 g/mol. The number of pyridine rings is 1. The summed E-state index contributed by atoms with van der Waals surface area (Å²) in [6.45, 7) is 2.20. The van der Waals surface area contributed by atoms with E-state index >= 15 is 0 Å². The van der Waals surface area contributed by atoms with Crippen LogP contribution in [-0.4, -0.2) is 35.5 Å². The fraction of sp³-hybridized carbons (Fsp3) is 0.229. The lowest BCUT2D eigenvalue weighted by molar-refractivity contribution is -0.268. The molecule has 0 spiro atoms. The third-order valence-corrected chi connectivity index (χ3v) is 10.5. The van der Waals surface area contributed by atoms with E-state index in [0.29, 0.717) is 11.3 Å². The van der Waals surface area contributed by atoms with Gasteiger partial charge in [-0.1, -0.05) is 73.7 Å². The van der Waals surface area contributed by atoms with Gasteiger partial charge in [0, 0.05) is 40.3 Å². The molecule has 1 fully saturated rings. The van der Waals surface area contributed by atoms with Crippen molar-refractivity contribution in [3.63, 3.8) is 0 Å². The molecule has 0 aliphatic carbocycles. The summed E-state index contributed by atoms with van der Waals surface area (Å²) in [6, 6.07) is 31.2. The van der Waals surface area contributed by atoms with Crippen molar-refractivity contribution in [1.82, 2.24) is 9.71 Å². The van der Waals surface area contributed by atoms with Crippen molar-refractivity contribution in [2.75, 3.05) is 5.75 Å². The second-order valence-electron chi connectivity index (χ2n) is 11.0. The summed E-state index contributed by atoms with van der Waals surface area (Å²) in [4.78, 5) is 5.45. The SMILES string of the molecule is CC1C(CSc2ccc(O)cc2)OC(c2ccc(CNS(=O)(=O)c3cccc4cccnc34)cc2)OC1c1ccc(CO)cc1. The zero-order chi connectivity index (χ0) is 31.4. The van der Waals surface area contributed by atoms with Gasteiger partial charge in [0.25, 0.3) is 0 Å². The summed E-state index contributed by atoms with van der Waals surface area (Å²) in [5, 5.41) is 19.9. The van der Waals surface area contributed by atoms with Gasteiger partial charge in [0.1, 0.15) is 10.6 Å². The van der Waals surface area contributed by atoms with Crippen molar-refractivity contribution in [3.05, 3.63) is 132 Å². The molecular weight excluding hydrogens is 609 g/mol. The number of phenolic OH excluding ortho intramolecular Hbond substituents is 1. The summed E-state index contributed by atoms with van der Waals surface area (Å²) >= 11 is 1.66. The smallest absolute Gasteiger partial charge is 0.243 e. The zero-order valence-corrected chi connectivity index (χ0v) is 26.2. The summed E-state index contributed by atoms with van der Waals surface area (Å²) < 4.78 is 42.1. The molecule has 10 heteroatoms. The van der Waals surface area contributed by atoms with E-state index in [1.54, 1.807) is 48.3 Å². The minimum Gasteiger partial charge on any atom is -0.508 e. The first-order valence-corrected chi connectivity index (χ1v) is 17.1. The quantitative estimate of drug-likeness (QED) is 0.148. The number of nitrogens with one attached hydrogen (secondary N) is 1. The van der Waals surface area contributed by atoms with Crippen LogP contribution in [0.15, 0.2) is 119 Å². The van der Waals surface area contributed by atoms with Gasteiger partial charge in [-0.2, -0.15) is 0 Å². The molecule has 0 bridgehead atoms. The van der Waals surface area contributed by atoms with Crippen LogP contribution in [0.5, 0.6) is 5.75 Å². The lowest BCUT2D eigenvalue weighted by atomic mass is 9.91. The number of aliphatic hydroxyl groups is 1. The van der Waals surface area contributed by atoms with E-state index in [0.717, 1.165) is 32.5 Å². The fourth-order valence-corrected chi connectivity index (χ4v) is 7.63. The molecule has 4 aromatic carbocycles. The second-order valence-corrected chi connectivity index (χ2v) is 13.9. The number of aromatic hydroxyl groups is 1. The first-order valence-electron chi connectivity index (χ1n) is 14.7. The zero-order valence-electron chi connectivity index (χ0n) is 24.6. The second kappa shape index (κ2) is 13.7. The molecule has 5 aromatic rings. The molecule has 1 saturated heterocycles. The predicted octanol–water partition coefficient (Wildman–Crippen LogP) is 6.49. The van der Waals surface area contributed by atoms with E-state index in [-0.39, 0.29) is 41.9 Å². The van der Waals surface area contributed by atoms with Gasteiger partial charge in [-0.25, -0.2) is 13.1 Å². The molecule has 1 aromatic heterocycles. The third-order valence-electron chi connectivity index (χ3n) is 7.98. The monoisotopic (exact) mass is 642 g/mol. The largest absolute Gasteiger partial charge is 0.508 e. The molecular formula is C35H34N2O6S2. The van der Waals surface area contributed by atoms with Crippen LogP contribution >= 0.6 is 11.8 Å².